The van der Waals surface area contributed by atoms with Crippen molar-refractivity contribution < 1.29 is 134 Å². The summed E-state index contributed by atoms with van der Waals surface area (Å²) < 4.78 is 289. The van der Waals surface area contributed by atoms with Crippen LogP contribution in [0.4, 0.5) is 70.2 Å². The highest BCUT2D eigenvalue weighted by Gasteiger charge is 2.69. The molecule has 0 fully saturated rings. The molecule has 15 nitrogen and oxygen atoms in total. The third-order valence-corrected chi connectivity index (χ3v) is 9.16. The van der Waals surface area contributed by atoms with Crippen LogP contribution in [0.1, 0.15) is 16.7 Å². The zero-order valence-electron chi connectivity index (χ0n) is 32.0. The Morgan fingerprint density at radius 2 is 0.939 bits per heavy atom. The van der Waals surface area contributed by atoms with Gasteiger partial charge in [0.25, 0.3) is 0 Å². The first-order chi connectivity index (χ1) is 29.4. The van der Waals surface area contributed by atoms with Crippen molar-refractivity contribution in [1.29, 1.82) is 0 Å². The van der Waals surface area contributed by atoms with Crippen LogP contribution in [0.25, 0.3) is 0 Å². The summed E-state index contributed by atoms with van der Waals surface area (Å²) in [6, 6.07) is 11.5. The normalized spacial score (nSPS) is 14.9. The van der Waals surface area contributed by atoms with Gasteiger partial charge in [0.15, 0.2) is 20.2 Å². The molecule has 0 aromatic heterocycles. The van der Waals surface area contributed by atoms with E-state index in [1.807, 2.05) is 0 Å². The number of amides is 1. The van der Waals surface area contributed by atoms with E-state index in [0.717, 1.165) is 12.1 Å². The number of esters is 2. The van der Waals surface area contributed by atoms with Gasteiger partial charge in [0, 0.05) is 13.0 Å². The lowest BCUT2D eigenvalue weighted by Crippen LogP contribution is -2.62. The number of benzene rings is 2. The largest absolute Gasteiger partial charge is 0.743 e. The smallest absolute Gasteiger partial charge is 0.466 e. The van der Waals surface area contributed by atoms with Crippen LogP contribution in [0.15, 0.2) is 78.9 Å². The lowest BCUT2D eigenvalue weighted by Gasteiger charge is -2.34. The maximum Gasteiger partial charge on any atom is 0.466 e. The number of hydrogen-bond acceptors (Lipinski definition) is 14. The Hall–Kier alpha value is -5.38. The van der Waals surface area contributed by atoms with Crippen molar-refractivity contribution >= 4 is 43.9 Å². The number of ketones is 1. The van der Waals surface area contributed by atoms with Crippen LogP contribution in [0, 0.1) is 6.92 Å². The molecule has 0 radical (unpaired) electrons. The Morgan fingerprint density at radius 3 is 1.29 bits per heavy atom. The van der Waals surface area contributed by atoms with E-state index in [1.54, 1.807) is 6.92 Å². The standard InChI is InChI=1S/C17H14F8O7S.C16H13F8NO7S/c1-9-3-5-11(6-4-9)7-12(26)15(17(23,24)25,31-8-14(18,19)33(28,29)30)32-13(27)10(2)16(20,21)22;1-9(15(19,20)21)11(26)32-14(16(22,23)24,31-8-13(17,18)33(28,29)30)12(27)25-7-10-5-3-2-4-6-10/h3-6H,2,7-8H2,1H3,(H,28,29,30);2-6H,1,7-8H2,(H,25,27)(H,28,29,30)/p-2. The zero-order valence-corrected chi connectivity index (χ0v) is 33.7. The van der Waals surface area contributed by atoms with Gasteiger partial charge >= 0.3 is 64.6 Å². The lowest BCUT2D eigenvalue weighted by atomic mass is 10.0. The number of aryl methyl sites for hydroxylation is 1. The summed E-state index contributed by atoms with van der Waals surface area (Å²) in [5, 5.41) is -9.72. The van der Waals surface area contributed by atoms with Gasteiger partial charge in [-0.15, -0.1) is 0 Å². The number of ether oxygens (including phenoxy) is 4. The fraction of sp³-hybridized carbons (Fsp3) is 0.394. The first kappa shape index (κ1) is 58.6. The SMILES string of the molecule is C=C(C(=O)OC(OCC(F)(F)S(=O)(=O)[O-])(C(=O)Cc1ccc(C)cc1)C(F)(F)F)C(F)(F)F.C=C(C(=O)OC(OCC(F)(F)S(=O)(=O)[O-])(C(=O)NCc1ccccc1)C(F)(F)F)C(F)(F)F. The summed E-state index contributed by atoms with van der Waals surface area (Å²) >= 11 is 0. The molecule has 0 spiro atoms. The van der Waals surface area contributed by atoms with Crippen molar-refractivity contribution in [3.63, 3.8) is 0 Å². The fourth-order valence-electron chi connectivity index (χ4n) is 3.91. The molecular formula is C33H25F16NO14S2-2. The molecule has 0 aliphatic carbocycles. The van der Waals surface area contributed by atoms with Crippen LogP contribution in [0.5, 0.6) is 0 Å². The van der Waals surface area contributed by atoms with Crippen LogP contribution in [0.2, 0.25) is 0 Å². The fourth-order valence-corrected chi connectivity index (χ4v) is 4.31. The van der Waals surface area contributed by atoms with Gasteiger partial charge in [-0.25, -0.2) is 26.4 Å². The van der Waals surface area contributed by atoms with Crippen LogP contribution < -0.4 is 5.32 Å². The minimum absolute atomic E-state index is 0.0976. The van der Waals surface area contributed by atoms with Crippen molar-refractivity contribution in [1.82, 2.24) is 5.32 Å². The Balaban J connectivity index is 0.000000660. The molecule has 2 aromatic carbocycles. The second-order valence-corrected chi connectivity index (χ2v) is 15.5. The molecular weight excluding hydrogens is 1000 g/mol. The lowest BCUT2D eigenvalue weighted by molar-refractivity contribution is -0.353. The summed E-state index contributed by atoms with van der Waals surface area (Å²) in [6.07, 6.45) is -25.4. The average Bonchev–Trinajstić information content (AvgIpc) is 3.15. The third-order valence-electron chi connectivity index (χ3n) is 7.46. The molecule has 0 aliphatic rings. The molecule has 0 aliphatic heterocycles. The number of nitrogens with one attached hydrogen (secondary N) is 1. The van der Waals surface area contributed by atoms with Crippen molar-refractivity contribution in [3.05, 3.63) is 95.6 Å². The monoisotopic (exact) mass is 1030 g/mol. The second kappa shape index (κ2) is 20.6. The summed E-state index contributed by atoms with van der Waals surface area (Å²) in [6.45, 7) is -0.933. The molecule has 0 saturated heterocycles. The maximum absolute atomic E-state index is 13.8. The first-order valence-corrected chi connectivity index (χ1v) is 19.2. The number of carbonyl (C=O) groups excluding carboxylic acids is 4. The predicted molar refractivity (Wildman–Crippen MR) is 180 cm³/mol. The zero-order chi connectivity index (χ0) is 51.9. The maximum atomic E-state index is 13.8. The number of alkyl halides is 16. The molecule has 2 unspecified atom stereocenters. The number of carbonyl (C=O) groups is 4. The molecule has 372 valence electrons. The third kappa shape index (κ3) is 15.1. The van der Waals surface area contributed by atoms with Gasteiger partial charge in [-0.1, -0.05) is 73.3 Å². The van der Waals surface area contributed by atoms with E-state index in [-0.39, 0.29) is 11.1 Å². The molecule has 2 rings (SSSR count). The van der Waals surface area contributed by atoms with E-state index < -0.39 is 128 Å². The van der Waals surface area contributed by atoms with Gasteiger partial charge in [0.05, 0.1) is 0 Å². The molecule has 0 saturated carbocycles. The van der Waals surface area contributed by atoms with E-state index in [0.29, 0.717) is 5.56 Å². The number of hydrogen-bond donors (Lipinski definition) is 1. The van der Waals surface area contributed by atoms with Crippen LogP contribution in [0.3, 0.4) is 0 Å². The van der Waals surface area contributed by atoms with Gasteiger partial charge in [0.1, 0.15) is 24.4 Å². The Morgan fingerprint density at radius 1 is 0.576 bits per heavy atom. The number of halogens is 16. The number of rotatable bonds is 18. The van der Waals surface area contributed by atoms with Gasteiger partial charge in [-0.2, -0.15) is 70.2 Å². The van der Waals surface area contributed by atoms with Crippen molar-refractivity contribution in [3.8, 4) is 0 Å². The molecule has 33 heteroatoms. The second-order valence-electron chi connectivity index (χ2n) is 12.5. The van der Waals surface area contributed by atoms with Gasteiger partial charge in [-0.3, -0.25) is 9.59 Å². The summed E-state index contributed by atoms with van der Waals surface area (Å²) in [7, 11) is -13.3. The quantitative estimate of drug-likeness (QED) is 0.0634. The topological polar surface area (TPSA) is 232 Å². The Labute approximate surface area is 358 Å². The van der Waals surface area contributed by atoms with E-state index in [1.165, 1.54) is 47.8 Å². The van der Waals surface area contributed by atoms with Crippen LogP contribution >= 0.6 is 0 Å². The van der Waals surface area contributed by atoms with Crippen molar-refractivity contribution in [2.45, 2.75) is 66.7 Å². The number of Topliss-reactive ketones (excluding diaryl/α,β-unsaturated/α-hetero) is 1. The molecule has 2 aromatic rings. The van der Waals surface area contributed by atoms with Crippen LogP contribution in [-0.4, -0.2) is 110 Å². The first-order valence-electron chi connectivity index (χ1n) is 16.4. The Kier molecular flexibility index (Phi) is 18.3. The van der Waals surface area contributed by atoms with E-state index in [2.05, 4.69) is 32.1 Å². The highest BCUT2D eigenvalue weighted by molar-refractivity contribution is 7.87. The summed E-state index contributed by atoms with van der Waals surface area (Å²) in [5.41, 5.74) is -4.72. The average molecular weight is 1030 g/mol. The van der Waals surface area contributed by atoms with E-state index >= 15 is 0 Å². The predicted octanol–water partition coefficient (Wildman–Crippen LogP) is 5.56. The molecule has 1 amide bonds. The van der Waals surface area contributed by atoms with Gasteiger partial charge in [0.2, 0.25) is 5.78 Å². The molecule has 1 N–H and O–H groups in total. The van der Waals surface area contributed by atoms with Gasteiger partial charge in [-0.05, 0) is 18.1 Å². The Bertz CT molecular complexity index is 2330. The molecule has 66 heavy (non-hydrogen) atoms. The van der Waals surface area contributed by atoms with Crippen LogP contribution in [-0.2, 0) is 71.3 Å². The highest BCUT2D eigenvalue weighted by Crippen LogP contribution is 2.41. The molecule has 2 atom stereocenters. The van der Waals surface area contributed by atoms with E-state index in [9.17, 15) is 115 Å². The van der Waals surface area contributed by atoms with Crippen molar-refractivity contribution in [2.75, 3.05) is 13.2 Å². The summed E-state index contributed by atoms with van der Waals surface area (Å²) in [5.74, 6) is -21.3. The molecule has 0 bridgehead atoms. The minimum Gasteiger partial charge on any atom is -0.743 e. The van der Waals surface area contributed by atoms with Gasteiger partial charge < -0.3 is 33.4 Å². The van der Waals surface area contributed by atoms with E-state index in [4.69, 9.17) is 0 Å². The molecule has 0 heterocycles. The minimum atomic E-state index is -6.66. The van der Waals surface area contributed by atoms with Crippen molar-refractivity contribution in [2.24, 2.45) is 0 Å². The summed E-state index contributed by atoms with van der Waals surface area (Å²) in [4.78, 5) is 47.9. The highest BCUT2D eigenvalue weighted by atomic mass is 32.2.